The molecular weight excluding hydrogens is 598 g/mol. The van der Waals surface area contributed by atoms with Crippen molar-refractivity contribution in [3.05, 3.63) is 82.9 Å². The van der Waals surface area contributed by atoms with Crippen LogP contribution >= 0.6 is 0 Å². The lowest BCUT2D eigenvalue weighted by atomic mass is 9.41. The van der Waals surface area contributed by atoms with E-state index in [9.17, 15) is 24.9 Å². The minimum absolute atomic E-state index is 0.0147. The summed E-state index contributed by atoms with van der Waals surface area (Å²) in [5, 5.41) is 36.9. The van der Waals surface area contributed by atoms with E-state index in [-0.39, 0.29) is 24.7 Å². The standard InChI is InChI=1S/C38H45NO8/c1-20-17-26-37(43,19-45-26)31-22(3)38(44)18-25(21(2)27(35(38,4)5)29(40)32(41)36(20,31)6)46-34(42)30-28(23-13-9-7-10-14-23)39-33(47-30)24-15-11-8-12-16-24/h7-16,20,22,25-26,28-31,40,43-44H,17-19H2,1-6H3/t20-,22-,25?,26?,28?,29?,30+,31?,36+,37?,38?/m0/s1. The van der Waals surface area contributed by atoms with Crippen molar-refractivity contribution in [1.29, 1.82) is 0 Å². The van der Waals surface area contributed by atoms with E-state index in [4.69, 9.17) is 19.2 Å². The molecule has 0 radical (unpaired) electrons. The van der Waals surface area contributed by atoms with Crippen LogP contribution in [-0.4, -0.2) is 75.2 Å². The van der Waals surface area contributed by atoms with Crippen molar-refractivity contribution in [1.82, 2.24) is 0 Å². The molecule has 9 heteroatoms. The number of hydrogen-bond acceptors (Lipinski definition) is 9. The summed E-state index contributed by atoms with van der Waals surface area (Å²) in [7, 11) is 0. The van der Waals surface area contributed by atoms with Crippen molar-refractivity contribution < 1.29 is 39.1 Å². The number of carbonyl (C=O) groups excluding carboxylic acids is 2. The van der Waals surface area contributed by atoms with Crippen LogP contribution in [0, 0.1) is 28.6 Å². The van der Waals surface area contributed by atoms with E-state index in [1.807, 2.05) is 95.3 Å². The average Bonchev–Trinajstić information content (AvgIpc) is 3.50. The molecule has 1 saturated heterocycles. The molecule has 7 unspecified atom stereocenters. The summed E-state index contributed by atoms with van der Waals surface area (Å²) in [6.45, 7) is 11.1. The molecule has 250 valence electrons. The minimum atomic E-state index is -1.58. The smallest absolute Gasteiger partial charge is 0.350 e. The summed E-state index contributed by atoms with van der Waals surface area (Å²) < 4.78 is 18.3. The fraction of sp³-hybridized carbons (Fsp3) is 0.553. The van der Waals surface area contributed by atoms with Gasteiger partial charge in [0.2, 0.25) is 12.0 Å². The van der Waals surface area contributed by atoms with Gasteiger partial charge >= 0.3 is 5.97 Å². The van der Waals surface area contributed by atoms with Crippen molar-refractivity contribution in [2.24, 2.45) is 33.6 Å². The van der Waals surface area contributed by atoms with Crippen molar-refractivity contribution in [3.63, 3.8) is 0 Å². The predicted molar refractivity (Wildman–Crippen MR) is 173 cm³/mol. The third kappa shape index (κ3) is 4.39. The van der Waals surface area contributed by atoms with Gasteiger partial charge in [0.25, 0.3) is 0 Å². The molecule has 2 bridgehead atoms. The molecule has 3 aliphatic carbocycles. The number of aliphatic imine (C=N–C) groups is 1. The highest BCUT2D eigenvalue weighted by atomic mass is 16.6. The fourth-order valence-electron chi connectivity index (χ4n) is 9.82. The van der Waals surface area contributed by atoms with Crippen LogP contribution in [-0.2, 0) is 23.8 Å². The van der Waals surface area contributed by atoms with Crippen molar-refractivity contribution >= 4 is 17.7 Å². The predicted octanol–water partition coefficient (Wildman–Crippen LogP) is 4.33. The topological polar surface area (TPSA) is 135 Å². The summed E-state index contributed by atoms with van der Waals surface area (Å²) in [6, 6.07) is 18.1. The van der Waals surface area contributed by atoms with Gasteiger partial charge in [-0.05, 0) is 54.0 Å². The maximum Gasteiger partial charge on any atom is 0.350 e. The number of carbonyl (C=O) groups is 2. The third-order valence-corrected chi connectivity index (χ3v) is 12.7. The quantitative estimate of drug-likeness (QED) is 0.331. The molecule has 5 aliphatic rings. The number of ketones is 1. The molecule has 47 heavy (non-hydrogen) atoms. The van der Waals surface area contributed by atoms with Gasteiger partial charge < -0.3 is 29.5 Å². The Morgan fingerprint density at radius 3 is 2.26 bits per heavy atom. The van der Waals surface area contributed by atoms with Gasteiger partial charge in [-0.2, -0.15) is 0 Å². The monoisotopic (exact) mass is 643 g/mol. The number of aliphatic hydroxyl groups excluding tert-OH is 1. The van der Waals surface area contributed by atoms with Gasteiger partial charge in [0, 0.05) is 28.7 Å². The van der Waals surface area contributed by atoms with Crippen LogP contribution in [0.2, 0.25) is 0 Å². The highest BCUT2D eigenvalue weighted by molar-refractivity contribution is 5.98. The highest BCUT2D eigenvalue weighted by Gasteiger charge is 2.73. The van der Waals surface area contributed by atoms with Gasteiger partial charge in [-0.3, -0.25) is 4.79 Å². The second-order valence-corrected chi connectivity index (χ2v) is 15.2. The first kappa shape index (κ1) is 32.2. The largest absolute Gasteiger partial charge is 0.459 e. The Labute approximate surface area is 275 Å². The average molecular weight is 644 g/mol. The summed E-state index contributed by atoms with van der Waals surface area (Å²) in [6.07, 6.45) is -3.59. The maximum absolute atomic E-state index is 14.5. The van der Waals surface area contributed by atoms with Crippen LogP contribution < -0.4 is 0 Å². The summed E-state index contributed by atoms with van der Waals surface area (Å²) in [5.74, 6) is -2.27. The number of fused-ring (bicyclic) bond motifs is 5. The minimum Gasteiger partial charge on any atom is -0.459 e. The van der Waals surface area contributed by atoms with Gasteiger partial charge in [-0.15, -0.1) is 0 Å². The molecule has 2 aromatic carbocycles. The summed E-state index contributed by atoms with van der Waals surface area (Å²) in [4.78, 5) is 33.5. The van der Waals surface area contributed by atoms with E-state index < -0.39 is 70.3 Å². The van der Waals surface area contributed by atoms with Gasteiger partial charge in [-0.25, -0.2) is 9.79 Å². The molecule has 0 spiro atoms. The molecule has 0 amide bonds. The van der Waals surface area contributed by atoms with Crippen molar-refractivity contribution in [3.8, 4) is 0 Å². The lowest BCUT2D eigenvalue weighted by Gasteiger charge is -2.68. The number of esters is 1. The highest BCUT2D eigenvalue weighted by Crippen LogP contribution is 2.65. The van der Waals surface area contributed by atoms with Crippen LogP contribution in [0.3, 0.4) is 0 Å². The number of Topliss-reactive ketones (excluding diaryl/α,β-unsaturated/α-hetero) is 1. The molecule has 3 N–H and O–H groups in total. The second kappa shape index (κ2) is 10.8. The normalized spacial score (nSPS) is 42.1. The molecule has 2 aliphatic heterocycles. The van der Waals surface area contributed by atoms with E-state index in [0.29, 0.717) is 23.5 Å². The SMILES string of the molecule is CC1=C2C(O)C(=O)[C@@]3(C)C([C@H](C)C(O)(CC1OC(=O)[C@@H]1OC(c4ccccc4)=NC1c1ccccc1)C2(C)C)C1(O)COC1C[C@@H]3C. The Balaban J connectivity index is 1.27. The first-order chi connectivity index (χ1) is 22.2. The number of aliphatic hydroxyl groups is 3. The summed E-state index contributed by atoms with van der Waals surface area (Å²) in [5.41, 5.74) is -2.72. The third-order valence-electron chi connectivity index (χ3n) is 12.7. The molecule has 3 fully saturated rings. The maximum atomic E-state index is 14.5. The van der Waals surface area contributed by atoms with Crippen molar-refractivity contribution in [2.45, 2.75) is 96.0 Å². The van der Waals surface area contributed by atoms with Gasteiger partial charge in [-0.1, -0.05) is 83.1 Å². The van der Waals surface area contributed by atoms with Crippen LogP contribution in [0.1, 0.15) is 71.6 Å². The number of benzene rings is 2. The fourth-order valence-corrected chi connectivity index (χ4v) is 9.82. The lowest BCUT2D eigenvalue weighted by Crippen LogP contribution is -2.77. The van der Waals surface area contributed by atoms with Gasteiger partial charge in [0.05, 0.1) is 18.3 Å². The molecule has 7 rings (SSSR count). The Morgan fingerprint density at radius 2 is 1.64 bits per heavy atom. The molecule has 9 nitrogen and oxygen atoms in total. The van der Waals surface area contributed by atoms with Crippen LogP contribution in [0.15, 0.2) is 76.8 Å². The lowest BCUT2D eigenvalue weighted by molar-refractivity contribution is -0.329. The Bertz CT molecular complexity index is 1650. The number of nitrogens with zero attached hydrogens (tertiary/aromatic N) is 1. The van der Waals surface area contributed by atoms with Gasteiger partial charge in [0.15, 0.2) is 5.78 Å². The van der Waals surface area contributed by atoms with Crippen LogP contribution in [0.5, 0.6) is 0 Å². The number of hydrogen-bond donors (Lipinski definition) is 3. The molecule has 0 aromatic heterocycles. The molecule has 11 atom stereocenters. The molecule has 2 aromatic rings. The van der Waals surface area contributed by atoms with Crippen LogP contribution in [0.25, 0.3) is 0 Å². The molecular formula is C38H45NO8. The van der Waals surface area contributed by atoms with E-state index in [0.717, 1.165) is 11.1 Å². The zero-order valence-corrected chi connectivity index (χ0v) is 27.8. The van der Waals surface area contributed by atoms with E-state index in [1.54, 1.807) is 6.92 Å². The zero-order valence-electron chi connectivity index (χ0n) is 27.8. The summed E-state index contributed by atoms with van der Waals surface area (Å²) >= 11 is 0. The molecule has 2 heterocycles. The van der Waals surface area contributed by atoms with Crippen LogP contribution in [0.4, 0.5) is 0 Å². The Morgan fingerprint density at radius 1 is 1.00 bits per heavy atom. The molecule has 2 saturated carbocycles. The Kier molecular flexibility index (Phi) is 7.41. The van der Waals surface area contributed by atoms with E-state index in [1.165, 1.54) is 0 Å². The first-order valence-electron chi connectivity index (χ1n) is 16.7. The zero-order chi connectivity index (χ0) is 33.7. The number of rotatable bonds is 4. The first-order valence-corrected chi connectivity index (χ1v) is 16.7. The van der Waals surface area contributed by atoms with Crippen molar-refractivity contribution in [2.75, 3.05) is 6.61 Å². The Hall–Kier alpha value is -3.37. The van der Waals surface area contributed by atoms with Gasteiger partial charge in [0.1, 0.15) is 23.9 Å². The number of ether oxygens (including phenoxy) is 3. The second-order valence-electron chi connectivity index (χ2n) is 15.2. The van der Waals surface area contributed by atoms with E-state index >= 15 is 0 Å². The van der Waals surface area contributed by atoms with E-state index in [2.05, 4.69) is 0 Å².